The number of nitrogens with zero attached hydrogens (tertiary/aromatic N) is 3. The minimum absolute atomic E-state index is 0.0905. The molecule has 1 fully saturated rings. The standard InChI is InChI=1S/C8H7Cl2N3O2/c9-6-5(3-11-7(10)12-6)4-13-1-2-15-8(13)14/h3H,1-2,4H2. The molecule has 0 saturated carbocycles. The number of ether oxygens (including phenoxy) is 1. The van der Waals surface area contributed by atoms with Crippen molar-refractivity contribution in [1.29, 1.82) is 0 Å². The summed E-state index contributed by atoms with van der Waals surface area (Å²) in [6, 6.07) is 0. The van der Waals surface area contributed by atoms with Crippen molar-refractivity contribution in [3.8, 4) is 0 Å². The van der Waals surface area contributed by atoms with Gasteiger partial charge < -0.3 is 9.64 Å². The monoisotopic (exact) mass is 247 g/mol. The molecule has 5 nitrogen and oxygen atoms in total. The molecule has 0 aliphatic carbocycles. The van der Waals surface area contributed by atoms with Gasteiger partial charge in [0.1, 0.15) is 11.8 Å². The van der Waals surface area contributed by atoms with Crippen molar-refractivity contribution in [2.45, 2.75) is 6.54 Å². The Bertz CT molecular complexity index is 399. The van der Waals surface area contributed by atoms with Gasteiger partial charge >= 0.3 is 6.09 Å². The second-order valence-electron chi connectivity index (χ2n) is 2.99. The number of hydrogen-bond acceptors (Lipinski definition) is 4. The van der Waals surface area contributed by atoms with Crippen molar-refractivity contribution < 1.29 is 9.53 Å². The van der Waals surface area contributed by atoms with Crippen LogP contribution >= 0.6 is 23.2 Å². The number of aromatic nitrogens is 2. The summed E-state index contributed by atoms with van der Waals surface area (Å²) in [6.45, 7) is 1.30. The van der Waals surface area contributed by atoms with E-state index >= 15 is 0 Å². The summed E-state index contributed by atoms with van der Waals surface area (Å²) in [6.07, 6.45) is 1.16. The maximum atomic E-state index is 11.2. The van der Waals surface area contributed by atoms with Crippen molar-refractivity contribution in [2.75, 3.05) is 13.2 Å². The first-order valence-corrected chi connectivity index (χ1v) is 5.01. The van der Waals surface area contributed by atoms with Crippen LogP contribution in [0, 0.1) is 0 Å². The third kappa shape index (κ3) is 2.30. The number of halogens is 2. The van der Waals surface area contributed by atoms with Gasteiger partial charge in [0.15, 0.2) is 0 Å². The lowest BCUT2D eigenvalue weighted by molar-refractivity contribution is 0.157. The number of hydrogen-bond donors (Lipinski definition) is 0. The van der Waals surface area contributed by atoms with E-state index in [-0.39, 0.29) is 16.5 Å². The molecule has 1 saturated heterocycles. The van der Waals surface area contributed by atoms with E-state index in [4.69, 9.17) is 27.9 Å². The highest BCUT2D eigenvalue weighted by molar-refractivity contribution is 6.32. The van der Waals surface area contributed by atoms with E-state index in [9.17, 15) is 4.79 Å². The third-order valence-corrected chi connectivity index (χ3v) is 2.50. The molecule has 0 N–H and O–H groups in total. The fraction of sp³-hybridized carbons (Fsp3) is 0.375. The summed E-state index contributed by atoms with van der Waals surface area (Å²) in [5, 5.41) is 0.349. The van der Waals surface area contributed by atoms with Crippen LogP contribution in [0.2, 0.25) is 10.4 Å². The Hall–Kier alpha value is -1.07. The molecule has 0 radical (unpaired) electrons. The lowest BCUT2D eigenvalue weighted by atomic mass is 10.3. The maximum absolute atomic E-state index is 11.2. The molecule has 1 aromatic heterocycles. The normalized spacial score (nSPS) is 15.6. The van der Waals surface area contributed by atoms with Crippen LogP contribution in [0.4, 0.5) is 4.79 Å². The number of carbonyl (C=O) groups is 1. The molecular formula is C8H7Cl2N3O2. The van der Waals surface area contributed by atoms with Gasteiger partial charge in [0.25, 0.3) is 0 Å². The van der Waals surface area contributed by atoms with Gasteiger partial charge in [-0.25, -0.2) is 14.8 Å². The predicted molar refractivity (Wildman–Crippen MR) is 53.8 cm³/mol. The molecule has 0 aromatic carbocycles. The molecule has 80 valence electrons. The van der Waals surface area contributed by atoms with Crippen LogP contribution in [-0.2, 0) is 11.3 Å². The van der Waals surface area contributed by atoms with Crippen molar-refractivity contribution in [2.24, 2.45) is 0 Å². The van der Waals surface area contributed by atoms with E-state index in [1.807, 2.05) is 0 Å². The van der Waals surface area contributed by atoms with Crippen LogP contribution in [0.1, 0.15) is 5.56 Å². The van der Waals surface area contributed by atoms with Gasteiger partial charge in [-0.05, 0) is 11.6 Å². The molecule has 1 aliphatic rings. The molecule has 0 unspecified atom stereocenters. The lowest BCUT2D eigenvalue weighted by Crippen LogP contribution is -2.23. The molecule has 15 heavy (non-hydrogen) atoms. The molecule has 1 aliphatic heterocycles. The van der Waals surface area contributed by atoms with Crippen molar-refractivity contribution in [1.82, 2.24) is 14.9 Å². The van der Waals surface area contributed by atoms with Crippen LogP contribution in [0.15, 0.2) is 6.20 Å². The van der Waals surface area contributed by atoms with E-state index < -0.39 is 0 Å². The van der Waals surface area contributed by atoms with Crippen LogP contribution in [0.3, 0.4) is 0 Å². The molecule has 0 spiro atoms. The lowest BCUT2D eigenvalue weighted by Gasteiger charge is -2.12. The summed E-state index contributed by atoms with van der Waals surface area (Å²) >= 11 is 11.4. The molecule has 2 heterocycles. The quantitative estimate of drug-likeness (QED) is 0.590. The Balaban J connectivity index is 2.13. The zero-order chi connectivity index (χ0) is 10.8. The summed E-state index contributed by atoms with van der Waals surface area (Å²) < 4.78 is 4.78. The Kier molecular flexibility index (Phi) is 2.93. The van der Waals surface area contributed by atoms with E-state index in [0.717, 1.165) is 0 Å². The van der Waals surface area contributed by atoms with Crippen LogP contribution in [0.5, 0.6) is 0 Å². The zero-order valence-electron chi connectivity index (χ0n) is 7.61. The average molecular weight is 248 g/mol. The number of carbonyl (C=O) groups excluding carboxylic acids is 1. The van der Waals surface area contributed by atoms with E-state index in [0.29, 0.717) is 25.3 Å². The molecule has 7 heteroatoms. The van der Waals surface area contributed by atoms with Gasteiger partial charge in [-0.1, -0.05) is 11.6 Å². The Labute approximate surface area is 96.0 Å². The smallest absolute Gasteiger partial charge is 0.410 e. The Morgan fingerprint density at radius 3 is 2.93 bits per heavy atom. The SMILES string of the molecule is O=C1OCCN1Cc1cnc(Cl)nc1Cl. The molecule has 2 rings (SSSR count). The fourth-order valence-corrected chi connectivity index (χ4v) is 1.61. The fourth-order valence-electron chi connectivity index (χ4n) is 1.25. The first-order chi connectivity index (χ1) is 7.16. The summed E-state index contributed by atoms with van der Waals surface area (Å²) in [5.41, 5.74) is 0.653. The topological polar surface area (TPSA) is 55.3 Å². The van der Waals surface area contributed by atoms with Gasteiger partial charge in [0, 0.05) is 11.8 Å². The third-order valence-electron chi connectivity index (χ3n) is 1.99. The van der Waals surface area contributed by atoms with Gasteiger partial charge in [-0.15, -0.1) is 0 Å². The van der Waals surface area contributed by atoms with Crippen LogP contribution in [0.25, 0.3) is 0 Å². The van der Waals surface area contributed by atoms with Gasteiger partial charge in [-0.3, -0.25) is 0 Å². The number of cyclic esters (lactones) is 1. The van der Waals surface area contributed by atoms with Gasteiger partial charge in [0.2, 0.25) is 5.28 Å². The van der Waals surface area contributed by atoms with Crippen LogP contribution in [-0.4, -0.2) is 34.1 Å². The van der Waals surface area contributed by atoms with Crippen molar-refractivity contribution in [3.63, 3.8) is 0 Å². The summed E-state index contributed by atoms with van der Waals surface area (Å²) in [7, 11) is 0. The average Bonchev–Trinajstić information content (AvgIpc) is 2.57. The predicted octanol–water partition coefficient (Wildman–Crippen LogP) is 1.74. The first kappa shape index (κ1) is 10.4. The van der Waals surface area contributed by atoms with Crippen molar-refractivity contribution >= 4 is 29.3 Å². The maximum Gasteiger partial charge on any atom is 0.410 e. The van der Waals surface area contributed by atoms with Crippen molar-refractivity contribution in [3.05, 3.63) is 22.2 Å². The van der Waals surface area contributed by atoms with Gasteiger partial charge in [0.05, 0.1) is 13.1 Å². The first-order valence-electron chi connectivity index (χ1n) is 4.25. The van der Waals surface area contributed by atoms with Gasteiger partial charge in [-0.2, -0.15) is 0 Å². The highest BCUT2D eigenvalue weighted by Crippen LogP contribution is 2.17. The Morgan fingerprint density at radius 2 is 2.33 bits per heavy atom. The zero-order valence-corrected chi connectivity index (χ0v) is 9.12. The molecule has 0 bridgehead atoms. The summed E-state index contributed by atoms with van der Waals surface area (Å²) in [4.78, 5) is 20.3. The number of amides is 1. The van der Waals surface area contributed by atoms with E-state index in [2.05, 4.69) is 9.97 Å². The highest BCUT2D eigenvalue weighted by Gasteiger charge is 2.23. The second-order valence-corrected chi connectivity index (χ2v) is 3.69. The minimum Gasteiger partial charge on any atom is -0.448 e. The van der Waals surface area contributed by atoms with E-state index in [1.165, 1.54) is 11.1 Å². The second kappa shape index (κ2) is 4.20. The molecule has 0 atom stereocenters. The molecular weight excluding hydrogens is 241 g/mol. The molecule has 1 amide bonds. The van der Waals surface area contributed by atoms with E-state index in [1.54, 1.807) is 0 Å². The minimum atomic E-state index is -0.346. The molecule has 1 aromatic rings. The Morgan fingerprint density at radius 1 is 1.53 bits per heavy atom. The highest BCUT2D eigenvalue weighted by atomic mass is 35.5. The number of rotatable bonds is 2. The van der Waals surface area contributed by atoms with Crippen LogP contribution < -0.4 is 0 Å². The largest absolute Gasteiger partial charge is 0.448 e. The summed E-state index contributed by atoms with van der Waals surface area (Å²) in [5.74, 6) is 0.